The molecule has 296 valence electrons. The maximum absolute atomic E-state index is 6.81. The highest BCUT2D eigenvalue weighted by atomic mass is 16.3. The summed E-state index contributed by atoms with van der Waals surface area (Å²) in [6.07, 6.45) is 5.40. The van der Waals surface area contributed by atoms with Crippen LogP contribution >= 0.6 is 0 Å². The van der Waals surface area contributed by atoms with Crippen LogP contribution in [0.3, 0.4) is 0 Å². The molecule has 0 aliphatic heterocycles. The zero-order chi connectivity index (χ0) is 41.4. The Bertz CT molecular complexity index is 3770. The topological polar surface area (TPSA) is 29.5 Å². The Morgan fingerprint density at radius 2 is 1.06 bits per heavy atom. The van der Waals surface area contributed by atoms with Crippen molar-refractivity contribution in [3.8, 4) is 22.3 Å². The molecule has 2 aromatic heterocycles. The van der Waals surface area contributed by atoms with Crippen LogP contribution in [0.1, 0.15) is 22.8 Å². The van der Waals surface area contributed by atoms with Crippen molar-refractivity contribution in [1.82, 2.24) is 0 Å². The molecule has 1 aliphatic rings. The number of hydrogen-bond donors (Lipinski definition) is 0. The molecule has 0 bridgehead atoms. The molecule has 0 radical (unpaired) electrons. The minimum absolute atomic E-state index is 0.217. The van der Waals surface area contributed by atoms with Crippen molar-refractivity contribution in [1.29, 1.82) is 0 Å². The highest BCUT2D eigenvalue weighted by Crippen LogP contribution is 2.46. The van der Waals surface area contributed by atoms with E-state index in [1.165, 1.54) is 60.0 Å². The third kappa shape index (κ3) is 5.89. The number of nitrogens with zero attached hydrogens (tertiary/aromatic N) is 1. The van der Waals surface area contributed by atoms with Crippen molar-refractivity contribution in [3.05, 3.63) is 229 Å². The van der Waals surface area contributed by atoms with Gasteiger partial charge in [-0.25, -0.2) is 0 Å². The largest absolute Gasteiger partial charge is 0.460 e. The number of benzene rings is 10. The lowest BCUT2D eigenvalue weighted by atomic mass is 9.88. The normalized spacial score (nSPS) is 13.7. The Morgan fingerprint density at radius 1 is 0.413 bits per heavy atom. The molecule has 10 aromatic carbocycles. The second kappa shape index (κ2) is 14.2. The molecule has 63 heavy (non-hydrogen) atoms. The first-order chi connectivity index (χ1) is 31.2. The van der Waals surface area contributed by atoms with E-state index in [-0.39, 0.29) is 5.92 Å². The molecule has 0 spiro atoms. The summed E-state index contributed by atoms with van der Waals surface area (Å²) < 4.78 is 13.2. The maximum Gasteiger partial charge on any atom is 0.143 e. The van der Waals surface area contributed by atoms with Gasteiger partial charge in [0.05, 0.1) is 5.69 Å². The molecule has 3 nitrogen and oxygen atoms in total. The summed E-state index contributed by atoms with van der Waals surface area (Å²) in [5.41, 5.74) is 12.9. The Balaban J connectivity index is 0.922. The van der Waals surface area contributed by atoms with E-state index in [0.717, 1.165) is 67.9 Å². The van der Waals surface area contributed by atoms with Crippen LogP contribution in [0.4, 0.5) is 17.1 Å². The lowest BCUT2D eigenvalue weighted by molar-refractivity contribution is 0.532. The van der Waals surface area contributed by atoms with Gasteiger partial charge in [0.1, 0.15) is 22.5 Å². The summed E-state index contributed by atoms with van der Waals surface area (Å²) in [5.74, 6) is 1.27. The van der Waals surface area contributed by atoms with Crippen LogP contribution in [0, 0.1) is 0 Å². The molecule has 0 saturated heterocycles. The zero-order valence-electron chi connectivity index (χ0n) is 34.3. The Morgan fingerprint density at radius 3 is 1.92 bits per heavy atom. The van der Waals surface area contributed by atoms with Crippen LogP contribution in [-0.2, 0) is 6.42 Å². The van der Waals surface area contributed by atoms with E-state index in [0.29, 0.717) is 0 Å². The molecule has 0 amide bonds. The number of para-hydroxylation sites is 3. The van der Waals surface area contributed by atoms with Gasteiger partial charge in [0.2, 0.25) is 0 Å². The minimum atomic E-state index is 0.217. The number of fused-ring (bicyclic) bond motifs is 10. The molecule has 2 heterocycles. The first kappa shape index (κ1) is 35.6. The van der Waals surface area contributed by atoms with Gasteiger partial charge >= 0.3 is 0 Å². The van der Waals surface area contributed by atoms with E-state index >= 15 is 0 Å². The van der Waals surface area contributed by atoms with Crippen LogP contribution in [0.5, 0.6) is 0 Å². The van der Waals surface area contributed by atoms with Crippen molar-refractivity contribution < 1.29 is 8.83 Å². The average molecular weight is 806 g/mol. The number of furan rings is 2. The summed E-state index contributed by atoms with van der Waals surface area (Å²) >= 11 is 0. The van der Waals surface area contributed by atoms with E-state index in [1.807, 2.05) is 6.07 Å². The van der Waals surface area contributed by atoms with Crippen LogP contribution in [0.25, 0.3) is 93.6 Å². The second-order valence-electron chi connectivity index (χ2n) is 16.8. The van der Waals surface area contributed by atoms with Crippen LogP contribution in [-0.4, -0.2) is 0 Å². The molecule has 0 saturated carbocycles. The molecular weight excluding hydrogens is 767 g/mol. The average Bonchev–Trinajstić information content (AvgIpc) is 3.91. The minimum Gasteiger partial charge on any atom is -0.460 e. The molecule has 13 rings (SSSR count). The van der Waals surface area contributed by atoms with Gasteiger partial charge in [-0.1, -0.05) is 164 Å². The highest BCUT2D eigenvalue weighted by molar-refractivity contribution is 6.14. The van der Waals surface area contributed by atoms with E-state index in [2.05, 4.69) is 217 Å². The van der Waals surface area contributed by atoms with Crippen molar-refractivity contribution in [2.24, 2.45) is 0 Å². The molecule has 1 atom stereocenters. The fourth-order valence-corrected chi connectivity index (χ4v) is 10.0. The van der Waals surface area contributed by atoms with Gasteiger partial charge in [-0.15, -0.1) is 0 Å². The predicted octanol–water partition coefficient (Wildman–Crippen LogP) is 16.9. The third-order valence-electron chi connectivity index (χ3n) is 13.2. The fraction of sp³-hybridized carbons (Fsp3) is 0.0333. The molecule has 3 heteroatoms. The van der Waals surface area contributed by atoms with E-state index in [4.69, 9.17) is 8.83 Å². The van der Waals surface area contributed by atoms with Gasteiger partial charge in [-0.05, 0) is 104 Å². The van der Waals surface area contributed by atoms with Gasteiger partial charge in [-0.2, -0.15) is 0 Å². The number of anilines is 3. The number of allylic oxidation sites excluding steroid dienone is 1. The van der Waals surface area contributed by atoms with E-state index in [1.54, 1.807) is 0 Å². The molecule has 0 N–H and O–H groups in total. The van der Waals surface area contributed by atoms with Crippen LogP contribution in [0.15, 0.2) is 221 Å². The van der Waals surface area contributed by atoms with Crippen molar-refractivity contribution in [2.45, 2.75) is 12.3 Å². The van der Waals surface area contributed by atoms with Crippen molar-refractivity contribution in [3.63, 3.8) is 0 Å². The first-order valence-corrected chi connectivity index (χ1v) is 21.7. The SMILES string of the molecule is C1=CC(c2ccc(N(c3ccc(-c4ccc5c(ccc6ccccc65)c4)cc3)c3ccccc3-c3cccc4c3oc3cc5ccccc5cc34)cc2)Cc2oc3ccccc3c21. The number of hydrogen-bond acceptors (Lipinski definition) is 3. The lowest BCUT2D eigenvalue weighted by Gasteiger charge is -2.28. The van der Waals surface area contributed by atoms with Gasteiger partial charge in [0.15, 0.2) is 0 Å². The molecule has 0 fully saturated rings. The Hall–Kier alpha value is -8.14. The summed E-state index contributed by atoms with van der Waals surface area (Å²) in [7, 11) is 0. The summed E-state index contributed by atoms with van der Waals surface area (Å²) in [6, 6.07) is 74.5. The van der Waals surface area contributed by atoms with Gasteiger partial charge in [0, 0.05) is 56.6 Å². The molecule has 12 aromatic rings. The summed E-state index contributed by atoms with van der Waals surface area (Å²) in [5, 5.41) is 10.8. The van der Waals surface area contributed by atoms with Crippen LogP contribution < -0.4 is 4.90 Å². The van der Waals surface area contributed by atoms with Gasteiger partial charge < -0.3 is 13.7 Å². The van der Waals surface area contributed by atoms with Gasteiger partial charge in [-0.3, -0.25) is 0 Å². The van der Waals surface area contributed by atoms with E-state index < -0.39 is 0 Å². The molecule has 1 unspecified atom stereocenters. The zero-order valence-corrected chi connectivity index (χ0v) is 34.3. The van der Waals surface area contributed by atoms with E-state index in [9.17, 15) is 0 Å². The lowest BCUT2D eigenvalue weighted by Crippen LogP contribution is -2.12. The summed E-state index contributed by atoms with van der Waals surface area (Å²) in [4.78, 5) is 2.39. The number of rotatable bonds is 6. The highest BCUT2D eigenvalue weighted by Gasteiger charge is 2.24. The maximum atomic E-state index is 6.81. The first-order valence-electron chi connectivity index (χ1n) is 21.7. The fourth-order valence-electron chi connectivity index (χ4n) is 10.0. The monoisotopic (exact) mass is 805 g/mol. The molecular formula is C60H39NO2. The Labute approximate surface area is 364 Å². The second-order valence-corrected chi connectivity index (χ2v) is 16.8. The Kier molecular flexibility index (Phi) is 8.04. The smallest absolute Gasteiger partial charge is 0.143 e. The van der Waals surface area contributed by atoms with Crippen LogP contribution in [0.2, 0.25) is 0 Å². The molecule has 1 aliphatic carbocycles. The van der Waals surface area contributed by atoms with Crippen molar-refractivity contribution in [2.75, 3.05) is 4.90 Å². The van der Waals surface area contributed by atoms with Gasteiger partial charge in [0.25, 0.3) is 0 Å². The summed E-state index contributed by atoms with van der Waals surface area (Å²) in [6.45, 7) is 0. The standard InChI is InChI=1S/C60H39NO2/c1-2-12-42-36-59-55(35-41(42)11-1)54-17-9-16-53(60(54)63-59)50-14-5-7-18-56(50)61(47-30-24-39(25-31-47)44-27-33-52-51-15-6-8-19-57(51)62-58(52)37-44)46-28-22-38(23-29-46)43-26-32-49-45(34-43)21-20-40-10-3-4-13-48(40)49/h1-36,44H,37H2. The van der Waals surface area contributed by atoms with Crippen molar-refractivity contribution >= 4 is 88.4 Å². The third-order valence-corrected chi connectivity index (χ3v) is 13.2. The quantitative estimate of drug-likeness (QED) is 0.157. The predicted molar refractivity (Wildman–Crippen MR) is 263 cm³/mol.